The van der Waals surface area contributed by atoms with Crippen LogP contribution in [0.5, 0.6) is 5.75 Å². The van der Waals surface area contributed by atoms with Gasteiger partial charge in [-0.25, -0.2) is 0 Å². The zero-order chi connectivity index (χ0) is 16.3. The van der Waals surface area contributed by atoms with E-state index in [2.05, 4.69) is 37.4 Å². The van der Waals surface area contributed by atoms with Gasteiger partial charge in [-0.1, -0.05) is 32.0 Å². The fourth-order valence-electron chi connectivity index (χ4n) is 3.54. The van der Waals surface area contributed by atoms with E-state index in [1.54, 1.807) is 0 Å². The van der Waals surface area contributed by atoms with E-state index in [0.29, 0.717) is 12.5 Å². The van der Waals surface area contributed by atoms with Crippen LogP contribution in [0, 0.1) is 0 Å². The second-order valence-electron chi connectivity index (χ2n) is 7.18. The molecule has 1 aromatic carbocycles. The largest absolute Gasteiger partial charge is 0.493 e. The molecule has 128 valence electrons. The Labute approximate surface area is 144 Å². The average Bonchev–Trinajstić information content (AvgIpc) is 2.75. The monoisotopic (exact) mass is 335 g/mol. The Morgan fingerprint density at radius 3 is 2.87 bits per heavy atom. The van der Waals surface area contributed by atoms with E-state index >= 15 is 0 Å². The number of ether oxygens (including phenoxy) is 1. The van der Waals surface area contributed by atoms with Gasteiger partial charge >= 0.3 is 0 Å². The van der Waals surface area contributed by atoms with Gasteiger partial charge in [0.1, 0.15) is 5.75 Å². The Kier molecular flexibility index (Phi) is 5.55. The van der Waals surface area contributed by atoms with Crippen molar-refractivity contribution in [3.8, 4) is 5.75 Å². The van der Waals surface area contributed by atoms with Crippen molar-refractivity contribution in [2.45, 2.75) is 57.1 Å². The van der Waals surface area contributed by atoms with Gasteiger partial charge in [-0.3, -0.25) is 0 Å². The average molecular weight is 336 g/mol. The van der Waals surface area contributed by atoms with E-state index in [1.807, 2.05) is 11.8 Å². The van der Waals surface area contributed by atoms with Crippen LogP contribution in [-0.2, 0) is 0 Å². The van der Waals surface area contributed by atoms with E-state index in [1.165, 1.54) is 11.1 Å². The summed E-state index contributed by atoms with van der Waals surface area (Å²) in [4.78, 5) is 0. The normalized spacial score (nSPS) is 23.9. The van der Waals surface area contributed by atoms with Crippen molar-refractivity contribution in [1.82, 2.24) is 5.32 Å². The van der Waals surface area contributed by atoms with E-state index in [-0.39, 0.29) is 6.04 Å². The molecule has 1 unspecified atom stereocenters. The summed E-state index contributed by atoms with van der Waals surface area (Å²) in [5.41, 5.74) is 2.03. The molecule has 1 saturated heterocycles. The minimum atomic E-state index is -0.533. The number of aliphatic hydroxyl groups is 1. The van der Waals surface area contributed by atoms with Crippen molar-refractivity contribution in [2.75, 3.05) is 24.7 Å². The van der Waals surface area contributed by atoms with Gasteiger partial charge in [0.25, 0.3) is 0 Å². The molecule has 0 radical (unpaired) electrons. The van der Waals surface area contributed by atoms with Crippen LogP contribution in [0.4, 0.5) is 0 Å². The Hall–Kier alpha value is -0.710. The molecule has 2 aliphatic rings. The van der Waals surface area contributed by atoms with Crippen LogP contribution in [0.3, 0.4) is 0 Å². The van der Waals surface area contributed by atoms with Crippen molar-refractivity contribution in [2.24, 2.45) is 0 Å². The summed E-state index contributed by atoms with van der Waals surface area (Å²) in [5, 5.41) is 14.4. The molecule has 0 amide bonds. The van der Waals surface area contributed by atoms with Gasteiger partial charge in [0.05, 0.1) is 12.2 Å². The third-order valence-corrected chi connectivity index (χ3v) is 6.04. The molecule has 0 spiro atoms. The van der Waals surface area contributed by atoms with E-state index in [4.69, 9.17) is 4.74 Å². The first-order valence-electron chi connectivity index (χ1n) is 8.88. The van der Waals surface area contributed by atoms with Crippen molar-refractivity contribution in [1.29, 1.82) is 0 Å². The molecule has 0 aromatic heterocycles. The molecule has 1 fully saturated rings. The number of rotatable bonds is 4. The maximum absolute atomic E-state index is 10.8. The lowest BCUT2D eigenvalue weighted by Gasteiger charge is -2.33. The summed E-state index contributed by atoms with van der Waals surface area (Å²) in [6.45, 7) is 5.91. The summed E-state index contributed by atoms with van der Waals surface area (Å²) in [6.07, 6.45) is 3.91. The zero-order valence-corrected chi connectivity index (χ0v) is 15.1. The van der Waals surface area contributed by atoms with Crippen LogP contribution in [0.1, 0.15) is 62.6 Å². The zero-order valence-electron chi connectivity index (χ0n) is 14.3. The van der Waals surface area contributed by atoms with Crippen LogP contribution in [0.15, 0.2) is 18.2 Å². The minimum Gasteiger partial charge on any atom is -0.493 e. The van der Waals surface area contributed by atoms with Crippen LogP contribution < -0.4 is 10.1 Å². The second kappa shape index (κ2) is 7.45. The van der Waals surface area contributed by atoms with Gasteiger partial charge in [0, 0.05) is 18.2 Å². The van der Waals surface area contributed by atoms with Crippen molar-refractivity contribution < 1.29 is 9.84 Å². The van der Waals surface area contributed by atoms with Crippen molar-refractivity contribution >= 4 is 11.8 Å². The SMILES string of the molecule is CC(C)c1cccc2c1OCCCC2NCC1(O)CCSCC1. The fourth-order valence-corrected chi connectivity index (χ4v) is 4.79. The Morgan fingerprint density at radius 1 is 1.35 bits per heavy atom. The molecule has 0 saturated carbocycles. The van der Waals surface area contributed by atoms with Crippen LogP contribution in [0.25, 0.3) is 0 Å². The molecule has 23 heavy (non-hydrogen) atoms. The van der Waals surface area contributed by atoms with Gasteiger partial charge in [0.2, 0.25) is 0 Å². The number of para-hydroxylation sites is 1. The van der Waals surface area contributed by atoms with Gasteiger partial charge in [-0.05, 0) is 48.7 Å². The highest BCUT2D eigenvalue weighted by molar-refractivity contribution is 7.99. The smallest absolute Gasteiger partial charge is 0.127 e. The van der Waals surface area contributed by atoms with Gasteiger partial charge in [-0.15, -0.1) is 0 Å². The van der Waals surface area contributed by atoms with E-state index in [9.17, 15) is 5.11 Å². The number of hydrogen-bond acceptors (Lipinski definition) is 4. The Balaban J connectivity index is 1.77. The number of benzene rings is 1. The first-order chi connectivity index (χ1) is 11.1. The summed E-state index contributed by atoms with van der Waals surface area (Å²) in [5.74, 6) is 3.67. The van der Waals surface area contributed by atoms with Crippen molar-refractivity contribution in [3.63, 3.8) is 0 Å². The fraction of sp³-hybridized carbons (Fsp3) is 0.684. The molecule has 3 rings (SSSR count). The highest BCUT2D eigenvalue weighted by Crippen LogP contribution is 2.38. The number of hydrogen-bond donors (Lipinski definition) is 2. The Bertz CT molecular complexity index is 526. The molecule has 4 heteroatoms. The molecule has 2 N–H and O–H groups in total. The maximum atomic E-state index is 10.8. The predicted octanol–water partition coefficient (Wildman–Crippen LogP) is 3.87. The number of fused-ring (bicyclic) bond motifs is 1. The lowest BCUT2D eigenvalue weighted by atomic mass is 9.92. The molecular weight excluding hydrogens is 306 g/mol. The number of thioether (sulfide) groups is 1. The molecule has 2 aliphatic heterocycles. The third kappa shape index (κ3) is 4.04. The topological polar surface area (TPSA) is 41.5 Å². The second-order valence-corrected chi connectivity index (χ2v) is 8.41. The predicted molar refractivity (Wildman–Crippen MR) is 97.5 cm³/mol. The summed E-state index contributed by atoms with van der Waals surface area (Å²) in [7, 11) is 0. The third-order valence-electron chi connectivity index (χ3n) is 5.06. The lowest BCUT2D eigenvalue weighted by Crippen LogP contribution is -2.44. The highest BCUT2D eigenvalue weighted by Gasteiger charge is 2.31. The summed E-state index contributed by atoms with van der Waals surface area (Å²) >= 11 is 1.95. The summed E-state index contributed by atoms with van der Waals surface area (Å²) in [6, 6.07) is 6.79. The molecule has 0 aliphatic carbocycles. The standard InChI is InChI=1S/C19H29NO2S/c1-14(2)15-5-3-6-16-17(7-4-10-22-18(15)16)20-13-19(21)8-11-23-12-9-19/h3,5-6,14,17,20-21H,4,7-13H2,1-2H3. The van der Waals surface area contributed by atoms with Gasteiger partial charge in [-0.2, -0.15) is 11.8 Å². The van der Waals surface area contributed by atoms with Gasteiger partial charge in [0.15, 0.2) is 0 Å². The Morgan fingerprint density at radius 2 is 2.13 bits per heavy atom. The van der Waals surface area contributed by atoms with Crippen LogP contribution >= 0.6 is 11.8 Å². The van der Waals surface area contributed by atoms with E-state index < -0.39 is 5.60 Å². The first kappa shape index (κ1) is 17.1. The number of nitrogens with one attached hydrogen (secondary N) is 1. The maximum Gasteiger partial charge on any atom is 0.127 e. The van der Waals surface area contributed by atoms with Gasteiger partial charge < -0.3 is 15.2 Å². The first-order valence-corrected chi connectivity index (χ1v) is 10.0. The van der Waals surface area contributed by atoms with Crippen molar-refractivity contribution in [3.05, 3.63) is 29.3 Å². The molecule has 0 bridgehead atoms. The van der Waals surface area contributed by atoms with E-state index in [0.717, 1.165) is 49.5 Å². The summed E-state index contributed by atoms with van der Waals surface area (Å²) < 4.78 is 6.08. The van der Waals surface area contributed by atoms with Crippen LogP contribution in [0.2, 0.25) is 0 Å². The minimum absolute atomic E-state index is 0.282. The molecule has 3 nitrogen and oxygen atoms in total. The molecule has 2 heterocycles. The molecule has 1 aromatic rings. The highest BCUT2D eigenvalue weighted by atomic mass is 32.2. The quantitative estimate of drug-likeness (QED) is 0.876. The molecule has 1 atom stereocenters. The lowest BCUT2D eigenvalue weighted by molar-refractivity contribution is 0.0293. The molecular formula is C19H29NO2S. The van der Waals surface area contributed by atoms with Crippen LogP contribution in [-0.4, -0.2) is 35.4 Å².